The highest BCUT2D eigenvalue weighted by atomic mass is 16.2. The third-order valence-corrected chi connectivity index (χ3v) is 4.68. The van der Waals surface area contributed by atoms with Crippen LogP contribution in [-0.2, 0) is 6.54 Å². The summed E-state index contributed by atoms with van der Waals surface area (Å²) in [5, 5.41) is 9.46. The lowest BCUT2D eigenvalue weighted by molar-refractivity contribution is 0.0949. The Hall–Kier alpha value is -4.13. The number of rotatable bonds is 5. The molecule has 2 aromatic heterocycles. The highest BCUT2D eigenvalue weighted by Gasteiger charge is 2.16. The second kappa shape index (κ2) is 8.48. The molecule has 0 unspecified atom stereocenters. The molecular formula is C23H19N5O2. The van der Waals surface area contributed by atoms with Gasteiger partial charge in [0.15, 0.2) is 5.69 Å². The van der Waals surface area contributed by atoms with Gasteiger partial charge in [-0.3, -0.25) is 14.6 Å². The van der Waals surface area contributed by atoms with Crippen molar-refractivity contribution in [3.63, 3.8) is 0 Å². The summed E-state index contributed by atoms with van der Waals surface area (Å²) >= 11 is 0. The van der Waals surface area contributed by atoms with Crippen LogP contribution in [0.4, 0.5) is 0 Å². The Morgan fingerprint density at radius 2 is 1.63 bits per heavy atom. The van der Waals surface area contributed by atoms with Crippen LogP contribution < -0.4 is 11.0 Å². The van der Waals surface area contributed by atoms with E-state index in [9.17, 15) is 9.59 Å². The van der Waals surface area contributed by atoms with Crippen LogP contribution in [0.1, 0.15) is 28.5 Å². The molecule has 7 heteroatoms. The van der Waals surface area contributed by atoms with Gasteiger partial charge in [-0.05, 0) is 30.7 Å². The summed E-state index contributed by atoms with van der Waals surface area (Å²) in [6.07, 6.45) is 3.31. The van der Waals surface area contributed by atoms with Crippen LogP contribution in [0.2, 0.25) is 0 Å². The number of carbonyl (C=O) groups is 1. The number of nitrogens with zero attached hydrogens (tertiary/aromatic N) is 4. The Morgan fingerprint density at radius 3 is 2.37 bits per heavy atom. The zero-order valence-corrected chi connectivity index (χ0v) is 16.3. The molecule has 1 N–H and O–H groups in total. The monoisotopic (exact) mass is 397 g/mol. The molecular weight excluding hydrogens is 378 g/mol. The Kier molecular flexibility index (Phi) is 5.43. The van der Waals surface area contributed by atoms with E-state index in [1.165, 1.54) is 4.68 Å². The van der Waals surface area contributed by atoms with Gasteiger partial charge < -0.3 is 0 Å². The Bertz CT molecular complexity index is 1280. The lowest BCUT2D eigenvalue weighted by Crippen LogP contribution is -2.29. The first-order valence-electron chi connectivity index (χ1n) is 9.42. The van der Waals surface area contributed by atoms with E-state index in [1.54, 1.807) is 55.7 Å². The smallest absolute Gasteiger partial charge is 0.267 e. The van der Waals surface area contributed by atoms with Crippen LogP contribution in [-0.4, -0.2) is 26.4 Å². The number of carbonyl (C=O) groups excluding carboxylic acids is 1. The fraction of sp³-hybridized carbons (Fsp3) is 0.0870. The van der Waals surface area contributed by atoms with Crippen LogP contribution in [0.5, 0.6) is 0 Å². The van der Waals surface area contributed by atoms with Crippen molar-refractivity contribution in [2.24, 2.45) is 5.10 Å². The molecule has 0 saturated heterocycles. The van der Waals surface area contributed by atoms with Crippen molar-refractivity contribution >= 4 is 22.4 Å². The van der Waals surface area contributed by atoms with Gasteiger partial charge in [0.05, 0.1) is 17.6 Å². The number of hydrazone groups is 1. The van der Waals surface area contributed by atoms with Crippen LogP contribution in [0.15, 0.2) is 89.0 Å². The molecule has 30 heavy (non-hydrogen) atoms. The molecule has 148 valence electrons. The van der Waals surface area contributed by atoms with E-state index in [-0.39, 0.29) is 17.8 Å². The molecule has 0 aliphatic carbocycles. The number of nitrogens with one attached hydrogen (secondary N) is 1. The molecule has 7 nitrogen and oxygen atoms in total. The van der Waals surface area contributed by atoms with Crippen molar-refractivity contribution in [1.29, 1.82) is 0 Å². The maximum atomic E-state index is 12.9. The minimum atomic E-state index is -0.485. The van der Waals surface area contributed by atoms with E-state index < -0.39 is 5.91 Å². The highest BCUT2D eigenvalue weighted by Crippen LogP contribution is 2.14. The fourth-order valence-corrected chi connectivity index (χ4v) is 3.11. The zero-order valence-electron chi connectivity index (χ0n) is 16.3. The van der Waals surface area contributed by atoms with Gasteiger partial charge in [-0.25, -0.2) is 10.1 Å². The van der Waals surface area contributed by atoms with Gasteiger partial charge in [0, 0.05) is 23.3 Å². The average molecular weight is 397 g/mol. The highest BCUT2D eigenvalue weighted by molar-refractivity contribution is 6.06. The fourth-order valence-electron chi connectivity index (χ4n) is 3.11. The number of hydrogen-bond donors (Lipinski definition) is 1. The van der Waals surface area contributed by atoms with Crippen molar-refractivity contribution in [2.75, 3.05) is 0 Å². The number of hydrogen-bond acceptors (Lipinski definition) is 5. The van der Waals surface area contributed by atoms with Gasteiger partial charge in [0.25, 0.3) is 11.5 Å². The first kappa shape index (κ1) is 19.2. The molecule has 2 aromatic carbocycles. The molecule has 0 aliphatic heterocycles. The maximum absolute atomic E-state index is 12.9. The van der Waals surface area contributed by atoms with Gasteiger partial charge >= 0.3 is 0 Å². The van der Waals surface area contributed by atoms with Crippen molar-refractivity contribution in [2.45, 2.75) is 13.5 Å². The first-order valence-corrected chi connectivity index (χ1v) is 9.42. The summed E-state index contributed by atoms with van der Waals surface area (Å²) in [4.78, 5) is 29.8. The number of aromatic nitrogens is 3. The van der Waals surface area contributed by atoms with Crippen LogP contribution in [0.3, 0.4) is 0 Å². The minimum Gasteiger partial charge on any atom is -0.267 e. The molecule has 2 heterocycles. The summed E-state index contributed by atoms with van der Waals surface area (Å²) in [5.74, 6) is -0.485. The molecule has 4 rings (SSSR count). The lowest BCUT2D eigenvalue weighted by Gasteiger charge is -2.10. The SMILES string of the molecule is CC(=NNC(=O)c1nn(Cc2ccccc2)c(=O)c2ccccc12)c1ccncc1. The molecule has 0 bridgehead atoms. The standard InChI is InChI=1S/C23H19N5O2/c1-16(18-11-13-24-14-12-18)25-26-22(29)21-19-9-5-6-10-20(19)23(30)28(27-21)15-17-7-3-2-4-8-17/h2-14H,15H2,1H3,(H,26,29). The third kappa shape index (κ3) is 4.00. The van der Waals surface area contributed by atoms with E-state index in [2.05, 4.69) is 20.6 Å². The van der Waals surface area contributed by atoms with E-state index in [4.69, 9.17) is 0 Å². The van der Waals surface area contributed by atoms with Gasteiger partial charge in [0.1, 0.15) is 0 Å². The van der Waals surface area contributed by atoms with Crippen molar-refractivity contribution in [1.82, 2.24) is 20.2 Å². The summed E-state index contributed by atoms with van der Waals surface area (Å²) in [7, 11) is 0. The quantitative estimate of drug-likeness (QED) is 0.414. The van der Waals surface area contributed by atoms with Gasteiger partial charge in [0.2, 0.25) is 0 Å². The largest absolute Gasteiger partial charge is 0.292 e. The summed E-state index contributed by atoms with van der Waals surface area (Å²) in [6.45, 7) is 2.06. The van der Waals surface area contributed by atoms with Crippen LogP contribution in [0.25, 0.3) is 10.8 Å². The minimum absolute atomic E-state index is 0.146. The predicted molar refractivity (Wildman–Crippen MR) is 115 cm³/mol. The van der Waals surface area contributed by atoms with Crippen molar-refractivity contribution < 1.29 is 4.79 Å². The molecule has 0 atom stereocenters. The second-order valence-corrected chi connectivity index (χ2v) is 6.72. The molecule has 1 amide bonds. The topological polar surface area (TPSA) is 89.2 Å². The number of fused-ring (bicyclic) bond motifs is 1. The number of pyridine rings is 1. The normalized spacial score (nSPS) is 11.4. The Labute approximate surface area is 172 Å². The van der Waals surface area contributed by atoms with Crippen molar-refractivity contribution in [3.05, 3.63) is 106 Å². The van der Waals surface area contributed by atoms with Crippen LogP contribution in [0, 0.1) is 0 Å². The molecule has 0 spiro atoms. The molecule has 0 radical (unpaired) electrons. The summed E-state index contributed by atoms with van der Waals surface area (Å²) in [6, 6.07) is 20.1. The zero-order chi connectivity index (χ0) is 20.9. The van der Waals surface area contributed by atoms with E-state index in [0.29, 0.717) is 16.5 Å². The van der Waals surface area contributed by atoms with E-state index in [1.807, 2.05) is 30.3 Å². The molecule has 0 fully saturated rings. The third-order valence-electron chi connectivity index (χ3n) is 4.68. The predicted octanol–water partition coefficient (Wildman–Crippen LogP) is 2.99. The number of amides is 1. The molecule has 0 saturated carbocycles. The maximum Gasteiger partial charge on any atom is 0.292 e. The molecule has 4 aromatic rings. The Balaban J connectivity index is 1.71. The van der Waals surface area contributed by atoms with Crippen LogP contribution >= 0.6 is 0 Å². The Morgan fingerprint density at radius 1 is 0.967 bits per heavy atom. The lowest BCUT2D eigenvalue weighted by atomic mass is 10.1. The van der Waals surface area contributed by atoms with Gasteiger partial charge in [-0.1, -0.05) is 48.5 Å². The molecule has 0 aliphatic rings. The van der Waals surface area contributed by atoms with E-state index >= 15 is 0 Å². The van der Waals surface area contributed by atoms with Crippen molar-refractivity contribution in [3.8, 4) is 0 Å². The second-order valence-electron chi connectivity index (χ2n) is 6.72. The number of benzene rings is 2. The summed E-state index contributed by atoms with van der Waals surface area (Å²) < 4.78 is 1.31. The van der Waals surface area contributed by atoms with E-state index in [0.717, 1.165) is 11.1 Å². The average Bonchev–Trinajstić information content (AvgIpc) is 2.80. The summed E-state index contributed by atoms with van der Waals surface area (Å²) in [5.41, 5.74) is 4.84. The van der Waals surface area contributed by atoms with Gasteiger partial charge in [-0.15, -0.1) is 0 Å². The first-order chi connectivity index (χ1) is 14.6. The van der Waals surface area contributed by atoms with Gasteiger partial charge in [-0.2, -0.15) is 10.2 Å².